The minimum Gasteiger partial charge on any atom is -0.469 e. The van der Waals surface area contributed by atoms with Crippen molar-refractivity contribution in [3.8, 4) is 0 Å². The van der Waals surface area contributed by atoms with Gasteiger partial charge in [0.15, 0.2) is 6.10 Å². The molecule has 10 heteroatoms. The Morgan fingerprint density at radius 3 is 2.24 bits per heavy atom. The average molecular weight is 362 g/mol. The smallest absolute Gasteiger partial charge is 0.416 e. The average Bonchev–Trinajstić information content (AvgIpc) is 2.56. The minimum atomic E-state index is -4.54. The number of aliphatic hydroxyl groups is 1. The van der Waals surface area contributed by atoms with Gasteiger partial charge in [-0.25, -0.2) is 0 Å². The molecule has 0 unspecified atom stereocenters. The van der Waals surface area contributed by atoms with Crippen molar-refractivity contribution in [1.82, 2.24) is 5.32 Å². The molecule has 0 aliphatic heterocycles. The normalized spacial score (nSPS) is 13.6. The van der Waals surface area contributed by atoms with Crippen LogP contribution >= 0.6 is 0 Å². The van der Waals surface area contributed by atoms with E-state index in [1.807, 2.05) is 0 Å². The molecule has 1 aromatic rings. The minimum absolute atomic E-state index is 0.0957. The molecule has 0 saturated carbocycles. The van der Waals surface area contributed by atoms with Crippen molar-refractivity contribution in [1.29, 1.82) is 0 Å². The third kappa shape index (κ3) is 6.07. The van der Waals surface area contributed by atoms with Crippen LogP contribution in [0.1, 0.15) is 30.1 Å². The van der Waals surface area contributed by atoms with E-state index in [9.17, 15) is 32.7 Å². The molecule has 0 aromatic heterocycles. The third-order valence-corrected chi connectivity index (χ3v) is 3.33. The van der Waals surface area contributed by atoms with E-state index in [0.717, 1.165) is 19.2 Å². The zero-order chi connectivity index (χ0) is 19.2. The maximum Gasteiger partial charge on any atom is 0.416 e. The first kappa shape index (κ1) is 20.4. The molecule has 0 radical (unpaired) electrons. The Balaban J connectivity index is 2.76. The molecule has 0 heterocycles. The van der Waals surface area contributed by atoms with E-state index in [0.29, 0.717) is 12.1 Å². The molecule has 4 N–H and O–H groups in total. The molecule has 0 bridgehead atoms. The second kappa shape index (κ2) is 8.47. The summed E-state index contributed by atoms with van der Waals surface area (Å²) in [6, 6.07) is 2.08. The topological polar surface area (TPSA) is 119 Å². The van der Waals surface area contributed by atoms with E-state index in [4.69, 9.17) is 5.73 Å². The number of hydrogen-bond donors (Lipinski definition) is 3. The summed E-state index contributed by atoms with van der Waals surface area (Å²) in [5, 5.41) is 12.0. The Hall–Kier alpha value is -2.62. The highest BCUT2D eigenvalue weighted by Crippen LogP contribution is 2.29. The number of carbonyl (C=O) groups is 3. The van der Waals surface area contributed by atoms with Gasteiger partial charge in [-0.05, 0) is 24.1 Å². The number of halogens is 3. The standard InChI is InChI=1S/C15H17F3N2O5/c1-25-11(21)7-6-10(13(19)23)20-14(24)12(22)8-2-4-9(5-3-8)15(16,17)18/h2-5,10,12,22H,6-7H2,1H3,(H2,19,23)(H,20,24)/t10-,12+/m1/s1. The van der Waals surface area contributed by atoms with E-state index < -0.39 is 41.7 Å². The summed E-state index contributed by atoms with van der Waals surface area (Å²) in [5.74, 6) is -2.59. The molecule has 25 heavy (non-hydrogen) atoms. The Morgan fingerprint density at radius 2 is 1.80 bits per heavy atom. The summed E-state index contributed by atoms with van der Waals surface area (Å²) in [6.07, 6.45) is -6.69. The largest absolute Gasteiger partial charge is 0.469 e. The Morgan fingerprint density at radius 1 is 1.24 bits per heavy atom. The van der Waals surface area contributed by atoms with Crippen LogP contribution in [0.3, 0.4) is 0 Å². The summed E-state index contributed by atoms with van der Waals surface area (Å²) in [4.78, 5) is 34.3. The van der Waals surface area contributed by atoms with E-state index in [-0.39, 0.29) is 18.4 Å². The summed E-state index contributed by atoms with van der Waals surface area (Å²) in [6.45, 7) is 0. The molecular formula is C15H17F3N2O5. The van der Waals surface area contributed by atoms with Gasteiger partial charge in [-0.1, -0.05) is 12.1 Å². The van der Waals surface area contributed by atoms with Crippen LogP contribution in [0.15, 0.2) is 24.3 Å². The van der Waals surface area contributed by atoms with Crippen LogP contribution in [-0.2, 0) is 25.3 Å². The van der Waals surface area contributed by atoms with Crippen molar-refractivity contribution in [2.24, 2.45) is 5.73 Å². The number of rotatable bonds is 7. The first-order valence-corrected chi connectivity index (χ1v) is 7.08. The van der Waals surface area contributed by atoms with Gasteiger partial charge in [-0.2, -0.15) is 13.2 Å². The molecule has 2 amide bonds. The van der Waals surface area contributed by atoms with Gasteiger partial charge in [0.05, 0.1) is 12.7 Å². The van der Waals surface area contributed by atoms with Gasteiger partial charge in [0, 0.05) is 6.42 Å². The highest BCUT2D eigenvalue weighted by Gasteiger charge is 2.31. The van der Waals surface area contributed by atoms with E-state index in [1.54, 1.807) is 0 Å². The quantitative estimate of drug-likeness (QED) is 0.616. The molecule has 7 nitrogen and oxygen atoms in total. The number of nitrogens with two attached hydrogens (primary N) is 1. The summed E-state index contributed by atoms with van der Waals surface area (Å²) >= 11 is 0. The third-order valence-electron chi connectivity index (χ3n) is 3.33. The van der Waals surface area contributed by atoms with E-state index in [1.165, 1.54) is 0 Å². The Bertz CT molecular complexity index is 631. The second-order valence-corrected chi connectivity index (χ2v) is 5.10. The fraction of sp³-hybridized carbons (Fsp3) is 0.400. The lowest BCUT2D eigenvalue weighted by Crippen LogP contribution is -2.46. The fourth-order valence-electron chi connectivity index (χ4n) is 1.91. The summed E-state index contributed by atoms with van der Waals surface area (Å²) in [5.41, 5.74) is 4.08. The molecule has 138 valence electrons. The SMILES string of the molecule is COC(=O)CC[C@@H](NC(=O)[C@@H](O)c1ccc(C(F)(F)F)cc1)C(N)=O. The van der Waals surface area contributed by atoms with Gasteiger partial charge in [-0.15, -0.1) is 0 Å². The fourth-order valence-corrected chi connectivity index (χ4v) is 1.91. The zero-order valence-electron chi connectivity index (χ0n) is 13.2. The van der Waals surface area contributed by atoms with Gasteiger partial charge >= 0.3 is 12.1 Å². The van der Waals surface area contributed by atoms with Gasteiger partial charge in [-0.3, -0.25) is 14.4 Å². The lowest BCUT2D eigenvalue weighted by molar-refractivity contribution is -0.141. The zero-order valence-corrected chi connectivity index (χ0v) is 13.2. The molecule has 0 saturated heterocycles. The predicted molar refractivity (Wildman–Crippen MR) is 78.8 cm³/mol. The van der Waals surface area contributed by atoms with Gasteiger partial charge in [0.2, 0.25) is 5.91 Å². The number of primary amides is 1. The number of carbonyl (C=O) groups excluding carboxylic acids is 3. The molecule has 1 aromatic carbocycles. The first-order chi connectivity index (χ1) is 11.6. The van der Waals surface area contributed by atoms with Crippen molar-refractivity contribution >= 4 is 17.8 Å². The molecular weight excluding hydrogens is 345 g/mol. The van der Waals surface area contributed by atoms with Gasteiger partial charge in [0.1, 0.15) is 6.04 Å². The number of benzene rings is 1. The van der Waals surface area contributed by atoms with Crippen LogP contribution < -0.4 is 11.1 Å². The van der Waals surface area contributed by atoms with E-state index >= 15 is 0 Å². The van der Waals surface area contributed by atoms with Crippen LogP contribution in [0.5, 0.6) is 0 Å². The monoisotopic (exact) mass is 362 g/mol. The maximum atomic E-state index is 12.5. The second-order valence-electron chi connectivity index (χ2n) is 5.10. The number of alkyl halides is 3. The van der Waals surface area contributed by atoms with Crippen LogP contribution in [0.25, 0.3) is 0 Å². The Kier molecular flexibility index (Phi) is 6.92. The molecule has 0 aliphatic rings. The van der Waals surface area contributed by atoms with Crippen molar-refractivity contribution in [3.63, 3.8) is 0 Å². The molecule has 0 fully saturated rings. The van der Waals surface area contributed by atoms with Crippen molar-refractivity contribution < 1.29 is 37.4 Å². The lowest BCUT2D eigenvalue weighted by Gasteiger charge is -2.18. The molecule has 0 spiro atoms. The highest BCUT2D eigenvalue weighted by molar-refractivity contribution is 5.89. The van der Waals surface area contributed by atoms with E-state index in [2.05, 4.69) is 10.1 Å². The predicted octanol–water partition coefficient (Wildman–Crippen LogP) is 0.662. The van der Waals surface area contributed by atoms with Gasteiger partial charge in [0.25, 0.3) is 5.91 Å². The van der Waals surface area contributed by atoms with Crippen molar-refractivity contribution in [2.75, 3.05) is 7.11 Å². The number of esters is 1. The number of nitrogens with one attached hydrogen (secondary N) is 1. The number of ether oxygens (including phenoxy) is 1. The highest BCUT2D eigenvalue weighted by atomic mass is 19.4. The van der Waals surface area contributed by atoms with Crippen LogP contribution in [-0.4, -0.2) is 36.0 Å². The first-order valence-electron chi connectivity index (χ1n) is 7.08. The number of hydrogen-bond acceptors (Lipinski definition) is 5. The summed E-state index contributed by atoms with van der Waals surface area (Å²) in [7, 11) is 1.15. The Labute approximate surface area is 140 Å². The lowest BCUT2D eigenvalue weighted by atomic mass is 10.0. The van der Waals surface area contributed by atoms with Crippen molar-refractivity contribution in [2.45, 2.75) is 31.2 Å². The van der Waals surface area contributed by atoms with Crippen molar-refractivity contribution in [3.05, 3.63) is 35.4 Å². The molecule has 1 rings (SSSR count). The van der Waals surface area contributed by atoms with Crippen LogP contribution in [0.4, 0.5) is 13.2 Å². The molecule has 2 atom stereocenters. The molecule has 0 aliphatic carbocycles. The maximum absolute atomic E-state index is 12.5. The van der Waals surface area contributed by atoms with Crippen LogP contribution in [0.2, 0.25) is 0 Å². The number of amides is 2. The van der Waals surface area contributed by atoms with Crippen LogP contribution in [0, 0.1) is 0 Å². The summed E-state index contributed by atoms with van der Waals surface area (Å²) < 4.78 is 41.9. The number of methoxy groups -OCH3 is 1. The van der Waals surface area contributed by atoms with Gasteiger partial charge < -0.3 is 20.9 Å². The number of aliphatic hydroxyl groups excluding tert-OH is 1.